The van der Waals surface area contributed by atoms with E-state index in [-0.39, 0.29) is 158 Å². The summed E-state index contributed by atoms with van der Waals surface area (Å²) in [6.45, 7) is 25.7. The number of Topliss-reactive ketones (excluding diaryl/α,β-unsaturated/α-hetero) is 2. The molecule has 2 fully saturated rings. The molecule has 2 saturated heterocycles. The van der Waals surface area contributed by atoms with Gasteiger partial charge in [0.1, 0.15) is 6.61 Å². The van der Waals surface area contributed by atoms with Gasteiger partial charge in [-0.1, -0.05) is 138 Å². The minimum absolute atomic E-state index is 0.0158. The van der Waals surface area contributed by atoms with Crippen LogP contribution in [0, 0.1) is 53.3 Å². The molecule has 2 aromatic rings. The molecule has 524 valence electrons. The first-order chi connectivity index (χ1) is 44.3. The zero-order chi connectivity index (χ0) is 70.3. The summed E-state index contributed by atoms with van der Waals surface area (Å²) in [5.74, 6) is -5.59. The Balaban J connectivity index is 1.36. The van der Waals surface area contributed by atoms with Crippen LogP contribution in [0.5, 0.6) is 0 Å². The number of unbranched alkanes of at least 4 members (excludes halogenated alkanes) is 2. The number of hydrogen-bond acceptors (Lipinski definition) is 13. The molecule has 22 heteroatoms. The van der Waals surface area contributed by atoms with Crippen LogP contribution in [0.3, 0.4) is 0 Å². The van der Waals surface area contributed by atoms with Crippen molar-refractivity contribution in [3.63, 3.8) is 0 Å². The van der Waals surface area contributed by atoms with Gasteiger partial charge in [-0.2, -0.15) is 0 Å². The van der Waals surface area contributed by atoms with Crippen LogP contribution < -0.4 is 27.0 Å². The molecule has 2 aromatic carbocycles. The molecule has 4 rings (SSSR count). The van der Waals surface area contributed by atoms with Crippen LogP contribution in [0.25, 0.3) is 0 Å². The van der Waals surface area contributed by atoms with Gasteiger partial charge in [-0.05, 0) is 98.3 Å². The van der Waals surface area contributed by atoms with Crippen molar-refractivity contribution >= 4 is 70.7 Å². The largest absolute Gasteiger partial charge is 0.445 e. The molecule has 2 aliphatic rings. The Kier molecular flexibility index (Phi) is 32.3. The van der Waals surface area contributed by atoms with Gasteiger partial charge in [-0.25, -0.2) is 9.59 Å². The highest BCUT2D eigenvalue weighted by Gasteiger charge is 2.43. The molecule has 1 unspecified atom stereocenters. The minimum atomic E-state index is -0.947. The first-order valence-corrected chi connectivity index (χ1v) is 34.3. The average molecular weight is 1310 g/mol. The number of anilines is 1. The van der Waals surface area contributed by atoms with E-state index in [0.717, 1.165) is 18.4 Å². The number of rotatable bonds is 39. The van der Waals surface area contributed by atoms with Gasteiger partial charge in [0.15, 0.2) is 11.6 Å². The van der Waals surface area contributed by atoms with E-state index < -0.39 is 54.1 Å². The number of nitrogens with one attached hydrogen (secondary N) is 4. The Morgan fingerprint density at radius 1 is 0.745 bits per heavy atom. The Labute approximate surface area is 559 Å². The number of ketones is 2. The van der Waals surface area contributed by atoms with E-state index >= 15 is 0 Å². The van der Waals surface area contributed by atoms with Gasteiger partial charge < -0.3 is 51.2 Å². The number of primary amides is 1. The number of ether oxygens (including phenoxy) is 2. The number of nitrogens with zero attached hydrogens (tertiary/aromatic N) is 4. The molecule has 0 radical (unpaired) electrons. The summed E-state index contributed by atoms with van der Waals surface area (Å²) < 4.78 is 11.9. The van der Waals surface area contributed by atoms with Gasteiger partial charge in [0.25, 0.3) is 0 Å². The van der Waals surface area contributed by atoms with Crippen molar-refractivity contribution in [1.82, 2.24) is 35.6 Å². The van der Waals surface area contributed by atoms with Gasteiger partial charge in [0, 0.05) is 114 Å². The molecule has 6 N–H and O–H groups in total. The van der Waals surface area contributed by atoms with E-state index in [1.54, 1.807) is 64.1 Å². The van der Waals surface area contributed by atoms with Crippen LogP contribution in [0.2, 0.25) is 0 Å². The molecule has 0 saturated carbocycles. The molecule has 94 heavy (non-hydrogen) atoms. The summed E-state index contributed by atoms with van der Waals surface area (Å²) in [5.41, 5.74) is 7.38. The number of imide groups is 1. The molecular weight excluding hydrogens is 1200 g/mol. The quantitative estimate of drug-likeness (QED) is 0.0308. The minimum Gasteiger partial charge on any atom is -0.445 e. The van der Waals surface area contributed by atoms with Gasteiger partial charge in [-0.3, -0.25) is 48.1 Å². The lowest BCUT2D eigenvalue weighted by Gasteiger charge is -2.41. The fraction of sp³-hybridized carbons (Fsp3) is 0.681. The lowest BCUT2D eigenvalue weighted by molar-refractivity contribution is -0.148. The van der Waals surface area contributed by atoms with E-state index in [2.05, 4.69) is 40.3 Å². The lowest BCUT2D eigenvalue weighted by atomic mass is 9.83. The van der Waals surface area contributed by atoms with Crippen LogP contribution in [0.4, 0.5) is 15.3 Å². The Morgan fingerprint density at radius 3 is 1.98 bits per heavy atom. The number of carbonyl (C=O) groups excluding carboxylic acids is 11. The highest BCUT2D eigenvalue weighted by Crippen LogP contribution is 2.33. The molecular formula is C72H113N9O13. The van der Waals surface area contributed by atoms with Crippen LogP contribution in [0.1, 0.15) is 191 Å². The van der Waals surface area contributed by atoms with E-state index in [0.29, 0.717) is 56.4 Å². The highest BCUT2D eigenvalue weighted by molar-refractivity contribution is 6.03. The second-order valence-corrected chi connectivity index (χ2v) is 27.7. The topological polar surface area (TPSA) is 293 Å². The normalized spacial score (nSPS) is 18.5. The first kappa shape index (κ1) is 79.2. The summed E-state index contributed by atoms with van der Waals surface area (Å²) >= 11 is 0. The second-order valence-electron chi connectivity index (χ2n) is 27.7. The molecule has 0 aliphatic carbocycles. The maximum absolute atomic E-state index is 14.9. The van der Waals surface area contributed by atoms with Crippen molar-refractivity contribution in [2.75, 3.05) is 46.2 Å². The summed E-state index contributed by atoms with van der Waals surface area (Å²) in [5, 5.41) is 11.5. The molecule has 0 spiro atoms. The Hall–Kier alpha value is -7.23. The molecule has 2 heterocycles. The maximum atomic E-state index is 14.9. The Morgan fingerprint density at radius 2 is 1.40 bits per heavy atom. The van der Waals surface area contributed by atoms with E-state index in [1.807, 2.05) is 85.4 Å². The lowest BCUT2D eigenvalue weighted by Crippen LogP contribution is -2.54. The monoisotopic (exact) mass is 1310 g/mol. The van der Waals surface area contributed by atoms with Gasteiger partial charge >= 0.3 is 12.1 Å². The molecule has 10 amide bonds. The summed E-state index contributed by atoms with van der Waals surface area (Å²) in [6, 6.07) is 13.3. The fourth-order valence-corrected chi connectivity index (χ4v) is 13.2. The summed E-state index contributed by atoms with van der Waals surface area (Å²) in [6.07, 6.45) is 2.99. The van der Waals surface area contributed by atoms with Crippen molar-refractivity contribution in [3.05, 3.63) is 65.7 Å². The smallest absolute Gasteiger partial charge is 0.410 e. The van der Waals surface area contributed by atoms with Crippen LogP contribution in [-0.4, -0.2) is 162 Å². The zero-order valence-corrected chi connectivity index (χ0v) is 59.1. The SMILES string of the molecule is CC[C@H](C)[C@@H]([C@@H](CC(=O)N1CCC[C@H]1[C@H](C)[C@@H](C)C(=O)N[C@@H](C)[C@H](C)c1ccccc1)OC)N(C)C(=O)[C@@H](CC(=O)[C@H](C(C)C)N(C)C(=O)OCc1ccc(NC(=O)[C@H](CCCNC(N)=O)CC(=O)[C@@H](NC(=O)CCCCCN2C(=O)CC(C)C2=O)C(C)C)cc1)C(C)C. The molecule has 13 atom stereocenters. The standard InChI is InChI=1S/C72H113N9O13/c1-17-46(8)66(60(93-16)41-63(86)80-37-25-29-57(80)48(10)49(11)67(87)75-51(13)50(12)53-26-20-18-21-27-53)78(14)70(90)56(43(2)3)40-59(83)65(45(6)7)79(15)72(92)94-42-52-31-33-55(34-32-52)76-68(88)54(28-24-35-74-71(73)91)39-58(82)64(44(4)5)77-61(84)30-22-19-23-36-81-62(85)38-47(9)69(81)89/h18,20-21,26-27,31-34,43-51,54,56-57,60,64-66H,17,19,22-25,28-30,35-42H2,1-16H3,(H,75,87)(H,76,88)(H,77,84)(H3,73,74,91)/t46-,47?,48+,49+,50-,51-,54+,56-,57-,60+,64-,65-,66-/m0/s1. The van der Waals surface area contributed by atoms with Crippen LogP contribution in [0.15, 0.2) is 54.6 Å². The van der Waals surface area contributed by atoms with Crippen molar-refractivity contribution in [2.24, 2.45) is 59.0 Å². The van der Waals surface area contributed by atoms with E-state index in [4.69, 9.17) is 15.2 Å². The molecule has 0 aromatic heterocycles. The highest BCUT2D eigenvalue weighted by atomic mass is 16.6. The van der Waals surface area contributed by atoms with E-state index in [1.165, 1.54) is 16.8 Å². The number of hydrogen-bond donors (Lipinski definition) is 5. The Bertz CT molecular complexity index is 2850. The number of nitrogens with two attached hydrogens (primary N) is 1. The number of likely N-dealkylation sites (tertiary alicyclic amines) is 2. The average Bonchev–Trinajstić information content (AvgIpc) is 1.25. The van der Waals surface area contributed by atoms with Gasteiger partial charge in [-0.15, -0.1) is 0 Å². The number of methoxy groups -OCH3 is 1. The van der Waals surface area contributed by atoms with Crippen LogP contribution in [-0.2, 0) is 59.2 Å². The zero-order valence-electron chi connectivity index (χ0n) is 59.1. The third-order valence-corrected chi connectivity index (χ3v) is 19.7. The predicted octanol–water partition coefficient (Wildman–Crippen LogP) is 9.42. The van der Waals surface area contributed by atoms with Crippen molar-refractivity contribution in [2.45, 2.75) is 222 Å². The number of likely N-dealkylation sites (N-methyl/N-ethyl adjacent to an activating group) is 2. The number of amides is 10. The molecule has 2 aliphatic heterocycles. The predicted molar refractivity (Wildman–Crippen MR) is 362 cm³/mol. The third-order valence-electron chi connectivity index (χ3n) is 19.7. The third kappa shape index (κ3) is 23.0. The maximum Gasteiger partial charge on any atom is 0.410 e. The first-order valence-electron chi connectivity index (χ1n) is 34.3. The second kappa shape index (κ2) is 38.4. The fourth-order valence-electron chi connectivity index (χ4n) is 13.2. The molecule has 0 bridgehead atoms. The number of carbonyl (C=O) groups is 11. The van der Waals surface area contributed by atoms with E-state index in [9.17, 15) is 52.7 Å². The summed E-state index contributed by atoms with van der Waals surface area (Å²) in [4.78, 5) is 154. The number of urea groups is 1. The van der Waals surface area contributed by atoms with Crippen molar-refractivity contribution < 1.29 is 62.2 Å². The number of benzene rings is 2. The van der Waals surface area contributed by atoms with Crippen LogP contribution >= 0.6 is 0 Å². The van der Waals surface area contributed by atoms with Gasteiger partial charge in [0.2, 0.25) is 41.4 Å². The van der Waals surface area contributed by atoms with Crippen molar-refractivity contribution in [3.8, 4) is 0 Å². The van der Waals surface area contributed by atoms with Crippen molar-refractivity contribution in [1.29, 1.82) is 0 Å². The molecule has 22 nitrogen and oxygen atoms in total. The van der Waals surface area contributed by atoms with Gasteiger partial charge in [0.05, 0.1) is 30.7 Å². The summed E-state index contributed by atoms with van der Waals surface area (Å²) in [7, 11) is 4.76.